The smallest absolute Gasteiger partial charge is 0.309 e. The lowest BCUT2D eigenvalue weighted by molar-refractivity contribution is -0.148. The molecule has 0 radical (unpaired) electrons. The first-order valence-electron chi connectivity index (χ1n) is 10.5. The van der Waals surface area contributed by atoms with Crippen LogP contribution in [0, 0.1) is 17.8 Å². The van der Waals surface area contributed by atoms with Crippen molar-refractivity contribution in [3.05, 3.63) is 34.9 Å². The van der Waals surface area contributed by atoms with E-state index in [4.69, 9.17) is 0 Å². The number of carboxylic acid groups (broad SMARTS) is 2. The topological polar surface area (TPSA) is 74.6 Å². The van der Waals surface area contributed by atoms with E-state index in [1.807, 2.05) is 0 Å². The first kappa shape index (κ1) is 24.2. The van der Waals surface area contributed by atoms with Gasteiger partial charge in [0, 0.05) is 0 Å². The Kier molecular flexibility index (Phi) is 9.19. The Labute approximate surface area is 170 Å². The Hall–Kier alpha value is -1.84. The summed E-state index contributed by atoms with van der Waals surface area (Å²) in [4.78, 5) is 22.4. The molecule has 0 saturated heterocycles. The van der Waals surface area contributed by atoms with Crippen molar-refractivity contribution < 1.29 is 19.8 Å². The highest BCUT2D eigenvalue weighted by molar-refractivity contribution is 5.73. The summed E-state index contributed by atoms with van der Waals surface area (Å²) in [5, 5.41) is 18.4. The van der Waals surface area contributed by atoms with Crippen molar-refractivity contribution in [1.29, 1.82) is 0 Å². The molecule has 0 saturated carbocycles. The minimum absolute atomic E-state index is 0.641. The highest BCUT2D eigenvalue weighted by Gasteiger charge is 2.26. The van der Waals surface area contributed by atoms with E-state index in [2.05, 4.69) is 25.1 Å². The highest BCUT2D eigenvalue weighted by atomic mass is 16.4. The largest absolute Gasteiger partial charge is 0.481 e. The summed E-state index contributed by atoms with van der Waals surface area (Å²) in [7, 11) is 0. The highest BCUT2D eigenvalue weighted by Crippen LogP contribution is 2.27. The predicted octanol–water partition coefficient (Wildman–Crippen LogP) is 6.03. The predicted molar refractivity (Wildman–Crippen MR) is 114 cm³/mol. The molecule has 0 aliphatic carbocycles. The molecule has 4 nitrogen and oxygen atoms in total. The van der Waals surface area contributed by atoms with Crippen molar-refractivity contribution in [2.24, 2.45) is 10.8 Å². The van der Waals surface area contributed by atoms with Gasteiger partial charge in [0.1, 0.15) is 0 Å². The molecule has 0 fully saturated rings. The van der Waals surface area contributed by atoms with E-state index in [1.165, 1.54) is 16.7 Å². The number of carbonyl (C=O) groups is 2. The van der Waals surface area contributed by atoms with Gasteiger partial charge >= 0.3 is 11.9 Å². The van der Waals surface area contributed by atoms with Crippen LogP contribution in [0.5, 0.6) is 0 Å². The average molecular weight is 391 g/mol. The molecular formula is C24H38O4. The molecular weight excluding hydrogens is 352 g/mol. The van der Waals surface area contributed by atoms with Crippen molar-refractivity contribution in [3.63, 3.8) is 0 Å². The lowest BCUT2D eigenvalue weighted by atomic mass is 9.85. The summed E-state index contributed by atoms with van der Waals surface area (Å²) in [6.07, 6.45) is 8.37. The van der Waals surface area contributed by atoms with Gasteiger partial charge < -0.3 is 10.2 Å². The van der Waals surface area contributed by atoms with Crippen LogP contribution in [0.2, 0.25) is 0 Å². The minimum atomic E-state index is -0.727. The number of aliphatic carboxylic acids is 2. The Balaban J connectivity index is 2.50. The number of aryl methyl sites for hydroxylation is 2. The van der Waals surface area contributed by atoms with Crippen molar-refractivity contribution in [3.8, 4) is 0 Å². The normalized spacial score (nSPS) is 12.2. The minimum Gasteiger partial charge on any atom is -0.481 e. The van der Waals surface area contributed by atoms with Crippen LogP contribution < -0.4 is 0 Å². The molecule has 4 heteroatoms. The lowest BCUT2D eigenvalue weighted by Crippen LogP contribution is -2.23. The zero-order chi connectivity index (χ0) is 21.4. The van der Waals surface area contributed by atoms with Crippen LogP contribution in [-0.4, -0.2) is 22.2 Å². The number of hydrogen-bond donors (Lipinski definition) is 2. The molecule has 1 rings (SSSR count). The Bertz CT molecular complexity index is 659. The van der Waals surface area contributed by atoms with E-state index in [9.17, 15) is 19.8 Å². The average Bonchev–Trinajstić information content (AvgIpc) is 2.59. The molecule has 0 aromatic heterocycles. The third-order valence-electron chi connectivity index (χ3n) is 5.89. The van der Waals surface area contributed by atoms with Crippen molar-refractivity contribution in [2.45, 2.75) is 92.4 Å². The van der Waals surface area contributed by atoms with Gasteiger partial charge in [-0.15, -0.1) is 0 Å². The fourth-order valence-corrected chi connectivity index (χ4v) is 3.50. The van der Waals surface area contributed by atoms with Crippen LogP contribution in [0.25, 0.3) is 0 Å². The SMILES string of the molecule is Cc1cccc(CCCCC(C)(C)C(=O)O)c1CCCCCC(C)(C)C(=O)O. The van der Waals surface area contributed by atoms with Crippen LogP contribution in [0.3, 0.4) is 0 Å². The van der Waals surface area contributed by atoms with E-state index < -0.39 is 22.8 Å². The standard InChI is InChI=1S/C24H38O4/c1-18-12-11-14-19(13-8-10-17-24(4,5)22(27)28)20(18)15-7-6-9-16-23(2,3)21(25)26/h11-12,14H,6-10,13,15-17H2,1-5H3,(H,25,26)(H,27,28). The second kappa shape index (κ2) is 10.6. The third-order valence-corrected chi connectivity index (χ3v) is 5.89. The third kappa shape index (κ3) is 7.65. The summed E-state index contributed by atoms with van der Waals surface area (Å²) in [5.74, 6) is -1.45. The van der Waals surface area contributed by atoms with E-state index in [-0.39, 0.29) is 0 Å². The molecule has 158 valence electrons. The molecule has 0 amide bonds. The van der Waals surface area contributed by atoms with Crippen LogP contribution in [-0.2, 0) is 22.4 Å². The zero-order valence-electron chi connectivity index (χ0n) is 18.3. The van der Waals surface area contributed by atoms with E-state index in [0.29, 0.717) is 12.8 Å². The molecule has 0 aliphatic rings. The molecule has 0 spiro atoms. The summed E-state index contributed by atoms with van der Waals surface area (Å²) in [6.45, 7) is 9.32. The van der Waals surface area contributed by atoms with Crippen molar-refractivity contribution in [1.82, 2.24) is 0 Å². The quantitative estimate of drug-likeness (QED) is 0.403. The second-order valence-electron chi connectivity index (χ2n) is 9.36. The van der Waals surface area contributed by atoms with Gasteiger partial charge in [0.05, 0.1) is 10.8 Å². The van der Waals surface area contributed by atoms with Gasteiger partial charge in [0.2, 0.25) is 0 Å². The van der Waals surface area contributed by atoms with Gasteiger partial charge in [0.25, 0.3) is 0 Å². The Morgan fingerprint density at radius 2 is 1.29 bits per heavy atom. The van der Waals surface area contributed by atoms with Crippen molar-refractivity contribution in [2.75, 3.05) is 0 Å². The van der Waals surface area contributed by atoms with Gasteiger partial charge in [-0.3, -0.25) is 9.59 Å². The van der Waals surface area contributed by atoms with E-state index in [1.54, 1.807) is 27.7 Å². The Morgan fingerprint density at radius 1 is 0.786 bits per heavy atom. The molecule has 0 atom stereocenters. The fraction of sp³-hybridized carbons (Fsp3) is 0.667. The molecule has 2 N–H and O–H groups in total. The first-order chi connectivity index (χ1) is 13.0. The van der Waals surface area contributed by atoms with E-state index >= 15 is 0 Å². The number of benzene rings is 1. The molecule has 0 aliphatic heterocycles. The van der Waals surface area contributed by atoms with Gasteiger partial charge in [-0.25, -0.2) is 0 Å². The Morgan fingerprint density at radius 3 is 1.82 bits per heavy atom. The number of unbranched alkanes of at least 4 members (excludes halogenated alkanes) is 3. The second-order valence-corrected chi connectivity index (χ2v) is 9.36. The monoisotopic (exact) mass is 390 g/mol. The number of hydrogen-bond acceptors (Lipinski definition) is 2. The van der Waals surface area contributed by atoms with Gasteiger partial charge in [-0.2, -0.15) is 0 Å². The number of carboxylic acids is 2. The summed E-state index contributed by atoms with van der Waals surface area (Å²) in [5.41, 5.74) is 2.81. The molecule has 0 heterocycles. The molecule has 1 aromatic carbocycles. The lowest BCUT2D eigenvalue weighted by Gasteiger charge is -2.19. The summed E-state index contributed by atoms with van der Waals surface area (Å²) >= 11 is 0. The van der Waals surface area contributed by atoms with Crippen LogP contribution in [0.15, 0.2) is 18.2 Å². The zero-order valence-corrected chi connectivity index (χ0v) is 18.3. The first-order valence-corrected chi connectivity index (χ1v) is 10.5. The number of rotatable bonds is 13. The molecule has 0 bridgehead atoms. The van der Waals surface area contributed by atoms with Crippen molar-refractivity contribution >= 4 is 11.9 Å². The maximum absolute atomic E-state index is 11.2. The van der Waals surface area contributed by atoms with Gasteiger partial charge in [-0.1, -0.05) is 37.5 Å². The summed E-state index contributed by atoms with van der Waals surface area (Å²) in [6, 6.07) is 6.45. The van der Waals surface area contributed by atoms with E-state index in [0.717, 1.165) is 44.9 Å². The maximum atomic E-state index is 11.2. The van der Waals surface area contributed by atoms with Crippen LogP contribution >= 0.6 is 0 Å². The summed E-state index contributed by atoms with van der Waals surface area (Å²) < 4.78 is 0. The maximum Gasteiger partial charge on any atom is 0.309 e. The fourth-order valence-electron chi connectivity index (χ4n) is 3.50. The molecule has 1 aromatic rings. The van der Waals surface area contributed by atoms with Crippen LogP contribution in [0.4, 0.5) is 0 Å². The van der Waals surface area contributed by atoms with Gasteiger partial charge in [-0.05, 0) is 89.8 Å². The molecule has 28 heavy (non-hydrogen) atoms. The van der Waals surface area contributed by atoms with Gasteiger partial charge in [0.15, 0.2) is 0 Å². The van der Waals surface area contributed by atoms with Crippen LogP contribution in [0.1, 0.15) is 89.3 Å². The molecule has 0 unspecified atom stereocenters.